The van der Waals surface area contributed by atoms with Crippen molar-refractivity contribution in [3.05, 3.63) is 22.3 Å². The van der Waals surface area contributed by atoms with Gasteiger partial charge in [-0.2, -0.15) is 0 Å². The van der Waals surface area contributed by atoms with Crippen molar-refractivity contribution in [1.82, 2.24) is 9.88 Å². The van der Waals surface area contributed by atoms with Gasteiger partial charge in [0.1, 0.15) is 5.82 Å². The zero-order valence-corrected chi connectivity index (χ0v) is 12.8. The summed E-state index contributed by atoms with van der Waals surface area (Å²) in [6.45, 7) is 9.14. The molecule has 18 heavy (non-hydrogen) atoms. The lowest BCUT2D eigenvalue weighted by molar-refractivity contribution is 0.294. The summed E-state index contributed by atoms with van der Waals surface area (Å²) in [6, 6.07) is 2.10. The monoisotopic (exact) mass is 311 g/mol. The Labute approximate surface area is 118 Å². The van der Waals surface area contributed by atoms with Crippen molar-refractivity contribution < 1.29 is 0 Å². The fraction of sp³-hybridized carbons (Fsp3) is 0.643. The highest BCUT2D eigenvalue weighted by Crippen LogP contribution is 2.17. The molecule has 1 saturated heterocycles. The van der Waals surface area contributed by atoms with E-state index in [4.69, 9.17) is 0 Å². The number of likely N-dealkylation sites (tertiary alicyclic amines) is 1. The molecule has 2 heterocycles. The Hall–Kier alpha value is -0.610. The van der Waals surface area contributed by atoms with Crippen LogP contribution < -0.4 is 5.32 Å². The number of nitrogens with zero attached hydrogens (tertiary/aromatic N) is 2. The van der Waals surface area contributed by atoms with Crippen molar-refractivity contribution in [1.29, 1.82) is 0 Å². The van der Waals surface area contributed by atoms with Crippen LogP contribution in [-0.4, -0.2) is 36.1 Å². The van der Waals surface area contributed by atoms with E-state index in [1.807, 2.05) is 6.20 Å². The summed E-state index contributed by atoms with van der Waals surface area (Å²) in [7, 11) is 0. The summed E-state index contributed by atoms with van der Waals surface area (Å²) in [5, 5.41) is 3.46. The number of halogens is 1. The fourth-order valence-corrected chi connectivity index (χ4v) is 2.91. The van der Waals surface area contributed by atoms with Crippen LogP contribution >= 0.6 is 15.9 Å². The van der Waals surface area contributed by atoms with Gasteiger partial charge in [0, 0.05) is 23.8 Å². The zero-order chi connectivity index (χ0) is 13.0. The minimum Gasteiger partial charge on any atom is -0.370 e. The predicted molar refractivity (Wildman–Crippen MR) is 80.0 cm³/mol. The summed E-state index contributed by atoms with van der Waals surface area (Å²) in [5.74, 6) is 1.67. The van der Waals surface area contributed by atoms with E-state index in [9.17, 15) is 0 Å². The van der Waals surface area contributed by atoms with Gasteiger partial charge in [-0.15, -0.1) is 0 Å². The number of pyridine rings is 1. The normalized spacial score (nSPS) is 17.9. The standard InChI is InChI=1S/C14H22BrN3/c1-11(10-18-5-3-4-6-18)8-16-14-12(2)7-13(15)9-17-14/h7,9,11H,3-6,8,10H2,1-2H3,(H,16,17). The van der Waals surface area contributed by atoms with E-state index < -0.39 is 0 Å². The average Bonchev–Trinajstić information content (AvgIpc) is 2.80. The second-order valence-corrected chi connectivity index (χ2v) is 6.23. The molecule has 4 heteroatoms. The van der Waals surface area contributed by atoms with Crippen molar-refractivity contribution in [2.24, 2.45) is 5.92 Å². The lowest BCUT2D eigenvalue weighted by Gasteiger charge is -2.21. The molecule has 2 rings (SSSR count). The van der Waals surface area contributed by atoms with E-state index >= 15 is 0 Å². The van der Waals surface area contributed by atoms with E-state index in [1.165, 1.54) is 38.0 Å². The third-order valence-corrected chi connectivity index (χ3v) is 3.87. The number of anilines is 1. The number of nitrogens with one attached hydrogen (secondary N) is 1. The smallest absolute Gasteiger partial charge is 0.128 e. The molecule has 1 aromatic rings. The van der Waals surface area contributed by atoms with Crippen molar-refractivity contribution in [2.75, 3.05) is 31.5 Å². The largest absolute Gasteiger partial charge is 0.370 e. The predicted octanol–water partition coefficient (Wildman–Crippen LogP) is 3.30. The molecule has 0 radical (unpaired) electrons. The first-order valence-electron chi connectivity index (χ1n) is 6.73. The first-order chi connectivity index (χ1) is 8.65. The number of aryl methyl sites for hydroxylation is 1. The molecule has 0 amide bonds. The molecular formula is C14H22BrN3. The van der Waals surface area contributed by atoms with Gasteiger partial charge in [0.25, 0.3) is 0 Å². The second kappa shape index (κ2) is 6.53. The maximum absolute atomic E-state index is 4.41. The van der Waals surface area contributed by atoms with Crippen molar-refractivity contribution in [3.63, 3.8) is 0 Å². The van der Waals surface area contributed by atoms with Crippen LogP contribution in [0.2, 0.25) is 0 Å². The molecule has 0 spiro atoms. The van der Waals surface area contributed by atoms with Gasteiger partial charge < -0.3 is 10.2 Å². The van der Waals surface area contributed by atoms with Gasteiger partial charge in [0.15, 0.2) is 0 Å². The van der Waals surface area contributed by atoms with Gasteiger partial charge in [-0.3, -0.25) is 0 Å². The van der Waals surface area contributed by atoms with Crippen LogP contribution in [0.5, 0.6) is 0 Å². The van der Waals surface area contributed by atoms with Gasteiger partial charge in [-0.25, -0.2) is 4.98 Å². The summed E-state index contributed by atoms with van der Waals surface area (Å²) >= 11 is 3.44. The first-order valence-corrected chi connectivity index (χ1v) is 7.53. The minimum absolute atomic E-state index is 0.660. The van der Waals surface area contributed by atoms with E-state index in [1.54, 1.807) is 0 Å². The zero-order valence-electron chi connectivity index (χ0n) is 11.2. The fourth-order valence-electron chi connectivity index (χ4n) is 2.47. The molecule has 1 unspecified atom stereocenters. The number of rotatable bonds is 5. The maximum Gasteiger partial charge on any atom is 0.128 e. The highest BCUT2D eigenvalue weighted by atomic mass is 79.9. The summed E-state index contributed by atoms with van der Waals surface area (Å²) in [6.07, 6.45) is 4.58. The molecular weight excluding hydrogens is 290 g/mol. The topological polar surface area (TPSA) is 28.2 Å². The van der Waals surface area contributed by atoms with Gasteiger partial charge in [0.2, 0.25) is 0 Å². The lowest BCUT2D eigenvalue weighted by Crippen LogP contribution is -2.29. The highest BCUT2D eigenvalue weighted by molar-refractivity contribution is 9.10. The maximum atomic E-state index is 4.41. The van der Waals surface area contributed by atoms with Crippen molar-refractivity contribution in [3.8, 4) is 0 Å². The van der Waals surface area contributed by atoms with Crippen molar-refractivity contribution in [2.45, 2.75) is 26.7 Å². The van der Waals surface area contributed by atoms with E-state index in [0.29, 0.717) is 5.92 Å². The van der Waals surface area contributed by atoms with Crippen LogP contribution in [0, 0.1) is 12.8 Å². The van der Waals surface area contributed by atoms with E-state index in [2.05, 4.69) is 51.0 Å². The van der Waals surface area contributed by atoms with Crippen LogP contribution in [-0.2, 0) is 0 Å². The molecule has 1 atom stereocenters. The Balaban J connectivity index is 1.79. The number of hydrogen-bond acceptors (Lipinski definition) is 3. The Morgan fingerprint density at radius 2 is 2.17 bits per heavy atom. The van der Waals surface area contributed by atoms with Gasteiger partial charge >= 0.3 is 0 Å². The van der Waals surface area contributed by atoms with Crippen LogP contribution in [0.15, 0.2) is 16.7 Å². The quantitative estimate of drug-likeness (QED) is 0.904. The number of aromatic nitrogens is 1. The third-order valence-electron chi connectivity index (χ3n) is 3.43. The molecule has 0 bridgehead atoms. The van der Waals surface area contributed by atoms with Crippen molar-refractivity contribution >= 4 is 21.7 Å². The lowest BCUT2D eigenvalue weighted by atomic mass is 10.1. The Bertz CT molecular complexity index is 389. The molecule has 1 aliphatic heterocycles. The van der Waals surface area contributed by atoms with Gasteiger partial charge in [-0.1, -0.05) is 6.92 Å². The molecule has 0 saturated carbocycles. The first kappa shape index (κ1) is 13.8. The summed E-state index contributed by atoms with van der Waals surface area (Å²) in [5.41, 5.74) is 1.19. The molecule has 1 N–H and O–H groups in total. The Morgan fingerprint density at radius 1 is 1.44 bits per heavy atom. The SMILES string of the molecule is Cc1cc(Br)cnc1NCC(C)CN1CCCC1. The number of hydrogen-bond donors (Lipinski definition) is 1. The highest BCUT2D eigenvalue weighted by Gasteiger charge is 2.14. The Morgan fingerprint density at radius 3 is 2.83 bits per heavy atom. The van der Waals surface area contributed by atoms with Crippen LogP contribution in [0.1, 0.15) is 25.3 Å². The molecule has 1 fully saturated rings. The van der Waals surface area contributed by atoms with Crippen LogP contribution in [0.25, 0.3) is 0 Å². The van der Waals surface area contributed by atoms with Gasteiger partial charge in [-0.05, 0) is 66.3 Å². The van der Waals surface area contributed by atoms with Gasteiger partial charge in [0.05, 0.1) is 0 Å². The second-order valence-electron chi connectivity index (χ2n) is 5.31. The average molecular weight is 312 g/mol. The summed E-state index contributed by atoms with van der Waals surface area (Å²) < 4.78 is 1.04. The third kappa shape index (κ3) is 3.95. The molecule has 3 nitrogen and oxygen atoms in total. The molecule has 0 aromatic carbocycles. The van der Waals surface area contributed by atoms with Crippen LogP contribution in [0.4, 0.5) is 5.82 Å². The molecule has 1 aliphatic rings. The molecule has 1 aromatic heterocycles. The summed E-state index contributed by atoms with van der Waals surface area (Å²) in [4.78, 5) is 6.97. The molecule has 0 aliphatic carbocycles. The van der Waals surface area contributed by atoms with E-state index in [-0.39, 0.29) is 0 Å². The van der Waals surface area contributed by atoms with E-state index in [0.717, 1.165) is 16.8 Å². The Kier molecular flexibility index (Phi) is 5.01. The molecule has 100 valence electrons. The minimum atomic E-state index is 0.660. The van der Waals surface area contributed by atoms with Crippen LogP contribution in [0.3, 0.4) is 0 Å².